The molecule has 1 unspecified atom stereocenters. The molecular weight excluding hydrogens is 208 g/mol. The standard InChI is InChI=1S/C15H32N2/c1-6-15(5)7-9-17(10-8-15)14(4)12-16-11-13(2)3/h13-14,16H,6-12H2,1-5H3. The second-order valence-electron chi connectivity index (χ2n) is 6.60. The van der Waals surface area contributed by atoms with E-state index in [0.717, 1.165) is 19.0 Å². The summed E-state index contributed by atoms with van der Waals surface area (Å²) in [7, 11) is 0. The third kappa shape index (κ3) is 4.97. The second-order valence-corrected chi connectivity index (χ2v) is 6.60. The van der Waals surface area contributed by atoms with Gasteiger partial charge in [-0.1, -0.05) is 34.1 Å². The SMILES string of the molecule is CCC1(C)CCN(C(C)CNCC(C)C)CC1. The molecule has 1 aliphatic rings. The summed E-state index contributed by atoms with van der Waals surface area (Å²) in [6.45, 7) is 16.5. The third-order valence-corrected chi connectivity index (χ3v) is 4.47. The van der Waals surface area contributed by atoms with Crippen molar-refractivity contribution >= 4 is 0 Å². The fourth-order valence-electron chi connectivity index (χ4n) is 2.57. The zero-order valence-corrected chi connectivity index (χ0v) is 12.6. The fourth-order valence-corrected chi connectivity index (χ4v) is 2.57. The normalized spacial score (nSPS) is 22.9. The summed E-state index contributed by atoms with van der Waals surface area (Å²) in [6, 6.07) is 0.690. The first-order valence-electron chi connectivity index (χ1n) is 7.41. The Bertz CT molecular complexity index is 205. The summed E-state index contributed by atoms with van der Waals surface area (Å²) in [5.41, 5.74) is 0.613. The van der Waals surface area contributed by atoms with Crippen molar-refractivity contribution in [2.24, 2.45) is 11.3 Å². The van der Waals surface area contributed by atoms with E-state index in [1.54, 1.807) is 0 Å². The number of piperidine rings is 1. The Hall–Kier alpha value is -0.0800. The van der Waals surface area contributed by atoms with Gasteiger partial charge in [0.1, 0.15) is 0 Å². The molecule has 0 aromatic carbocycles. The van der Waals surface area contributed by atoms with E-state index in [4.69, 9.17) is 0 Å². The molecule has 17 heavy (non-hydrogen) atoms. The zero-order valence-electron chi connectivity index (χ0n) is 12.6. The molecule has 0 aliphatic carbocycles. The van der Waals surface area contributed by atoms with Gasteiger partial charge in [-0.05, 0) is 50.7 Å². The van der Waals surface area contributed by atoms with Crippen LogP contribution in [0.2, 0.25) is 0 Å². The van der Waals surface area contributed by atoms with E-state index in [1.165, 1.54) is 32.4 Å². The number of nitrogens with zero attached hydrogens (tertiary/aromatic N) is 1. The van der Waals surface area contributed by atoms with E-state index in [0.29, 0.717) is 11.5 Å². The van der Waals surface area contributed by atoms with Gasteiger partial charge in [0.05, 0.1) is 0 Å². The fraction of sp³-hybridized carbons (Fsp3) is 1.00. The molecule has 1 heterocycles. The average Bonchev–Trinajstić information content (AvgIpc) is 2.29. The summed E-state index contributed by atoms with van der Waals surface area (Å²) >= 11 is 0. The minimum atomic E-state index is 0.613. The summed E-state index contributed by atoms with van der Waals surface area (Å²) in [6.07, 6.45) is 4.08. The van der Waals surface area contributed by atoms with Gasteiger partial charge in [0.15, 0.2) is 0 Å². The summed E-state index contributed by atoms with van der Waals surface area (Å²) < 4.78 is 0. The minimum Gasteiger partial charge on any atom is -0.315 e. The Morgan fingerprint density at radius 2 is 1.71 bits per heavy atom. The van der Waals surface area contributed by atoms with Crippen LogP contribution in [0.5, 0.6) is 0 Å². The van der Waals surface area contributed by atoms with E-state index in [2.05, 4.69) is 44.8 Å². The lowest BCUT2D eigenvalue weighted by Crippen LogP contribution is -2.47. The summed E-state index contributed by atoms with van der Waals surface area (Å²) in [5.74, 6) is 0.756. The zero-order chi connectivity index (χ0) is 12.9. The minimum absolute atomic E-state index is 0.613. The predicted octanol–water partition coefficient (Wildman–Crippen LogP) is 3.13. The molecule has 2 nitrogen and oxygen atoms in total. The summed E-state index contributed by atoms with van der Waals surface area (Å²) in [4.78, 5) is 2.66. The Morgan fingerprint density at radius 1 is 1.12 bits per heavy atom. The van der Waals surface area contributed by atoms with Crippen molar-refractivity contribution < 1.29 is 0 Å². The van der Waals surface area contributed by atoms with Crippen LogP contribution in [0.1, 0.15) is 53.9 Å². The molecule has 0 aromatic heterocycles. The highest BCUT2D eigenvalue weighted by Gasteiger charge is 2.29. The number of nitrogens with one attached hydrogen (secondary N) is 1. The van der Waals surface area contributed by atoms with Crippen molar-refractivity contribution in [2.45, 2.75) is 59.9 Å². The highest BCUT2D eigenvalue weighted by Crippen LogP contribution is 2.34. The van der Waals surface area contributed by atoms with Crippen LogP contribution in [0.25, 0.3) is 0 Å². The molecule has 0 aromatic rings. The van der Waals surface area contributed by atoms with Crippen LogP contribution in [0.15, 0.2) is 0 Å². The highest BCUT2D eigenvalue weighted by molar-refractivity contribution is 4.83. The van der Waals surface area contributed by atoms with Gasteiger partial charge < -0.3 is 5.32 Å². The van der Waals surface area contributed by atoms with Crippen molar-refractivity contribution in [3.63, 3.8) is 0 Å². The lowest BCUT2D eigenvalue weighted by molar-refractivity contribution is 0.0859. The van der Waals surface area contributed by atoms with E-state index in [9.17, 15) is 0 Å². The quantitative estimate of drug-likeness (QED) is 0.767. The molecule has 102 valence electrons. The Balaban J connectivity index is 2.23. The smallest absolute Gasteiger partial charge is 0.0192 e. The molecule has 1 N–H and O–H groups in total. The number of hydrogen-bond donors (Lipinski definition) is 1. The first-order valence-corrected chi connectivity index (χ1v) is 7.41. The predicted molar refractivity (Wildman–Crippen MR) is 76.4 cm³/mol. The molecule has 0 radical (unpaired) electrons. The van der Waals surface area contributed by atoms with E-state index in [-0.39, 0.29) is 0 Å². The maximum Gasteiger partial charge on any atom is 0.0192 e. The molecule has 0 spiro atoms. The largest absolute Gasteiger partial charge is 0.315 e. The van der Waals surface area contributed by atoms with Gasteiger partial charge in [-0.25, -0.2) is 0 Å². The molecule has 2 heteroatoms. The van der Waals surface area contributed by atoms with Crippen molar-refractivity contribution in [1.29, 1.82) is 0 Å². The first-order chi connectivity index (χ1) is 7.97. The number of hydrogen-bond acceptors (Lipinski definition) is 2. The van der Waals surface area contributed by atoms with Gasteiger partial charge >= 0.3 is 0 Å². The lowest BCUT2D eigenvalue weighted by Gasteiger charge is -2.41. The monoisotopic (exact) mass is 240 g/mol. The van der Waals surface area contributed by atoms with Gasteiger partial charge in [0.25, 0.3) is 0 Å². The number of rotatable bonds is 6. The van der Waals surface area contributed by atoms with Crippen molar-refractivity contribution in [3.8, 4) is 0 Å². The molecule has 0 saturated carbocycles. The maximum atomic E-state index is 3.57. The van der Waals surface area contributed by atoms with Crippen LogP contribution in [0.3, 0.4) is 0 Å². The van der Waals surface area contributed by atoms with Gasteiger partial charge in [-0.15, -0.1) is 0 Å². The third-order valence-electron chi connectivity index (χ3n) is 4.47. The van der Waals surface area contributed by atoms with Gasteiger partial charge in [0, 0.05) is 12.6 Å². The molecule has 1 atom stereocenters. The van der Waals surface area contributed by atoms with Gasteiger partial charge in [-0.2, -0.15) is 0 Å². The first kappa shape index (κ1) is 15.0. The topological polar surface area (TPSA) is 15.3 Å². The second kappa shape index (κ2) is 6.75. The Kier molecular flexibility index (Phi) is 5.94. The Morgan fingerprint density at radius 3 is 2.18 bits per heavy atom. The highest BCUT2D eigenvalue weighted by atomic mass is 15.2. The van der Waals surface area contributed by atoms with Crippen LogP contribution >= 0.6 is 0 Å². The van der Waals surface area contributed by atoms with Gasteiger partial charge in [-0.3, -0.25) is 4.90 Å². The molecule has 1 saturated heterocycles. The molecule has 0 amide bonds. The van der Waals surface area contributed by atoms with Gasteiger partial charge in [0.2, 0.25) is 0 Å². The summed E-state index contributed by atoms with van der Waals surface area (Å²) in [5, 5.41) is 3.57. The Labute approximate surface area is 108 Å². The van der Waals surface area contributed by atoms with Crippen molar-refractivity contribution in [1.82, 2.24) is 10.2 Å². The molecular formula is C15H32N2. The molecule has 1 fully saturated rings. The van der Waals surface area contributed by atoms with E-state index in [1.807, 2.05) is 0 Å². The lowest BCUT2D eigenvalue weighted by atomic mass is 9.78. The number of likely N-dealkylation sites (tertiary alicyclic amines) is 1. The van der Waals surface area contributed by atoms with Crippen LogP contribution < -0.4 is 5.32 Å². The van der Waals surface area contributed by atoms with Crippen molar-refractivity contribution in [2.75, 3.05) is 26.2 Å². The molecule has 1 rings (SSSR count). The van der Waals surface area contributed by atoms with E-state index < -0.39 is 0 Å². The van der Waals surface area contributed by atoms with Crippen LogP contribution in [-0.4, -0.2) is 37.1 Å². The van der Waals surface area contributed by atoms with Crippen LogP contribution in [-0.2, 0) is 0 Å². The van der Waals surface area contributed by atoms with Crippen LogP contribution in [0.4, 0.5) is 0 Å². The van der Waals surface area contributed by atoms with E-state index >= 15 is 0 Å². The average molecular weight is 240 g/mol. The molecule has 0 bridgehead atoms. The van der Waals surface area contributed by atoms with Crippen LogP contribution in [0, 0.1) is 11.3 Å². The van der Waals surface area contributed by atoms with Crippen molar-refractivity contribution in [3.05, 3.63) is 0 Å². The maximum absolute atomic E-state index is 3.57. The molecule has 1 aliphatic heterocycles.